The van der Waals surface area contributed by atoms with Crippen LogP contribution in [0.3, 0.4) is 0 Å². The maximum Gasteiger partial charge on any atom is 0.136 e. The fraction of sp³-hybridized carbons (Fsp3) is 0.125. The first-order valence-electron chi connectivity index (χ1n) is 9.74. The summed E-state index contributed by atoms with van der Waals surface area (Å²) in [6.07, 6.45) is 3.25. The van der Waals surface area contributed by atoms with E-state index in [1.54, 1.807) is 70.2 Å². The number of halogens is 3. The van der Waals surface area contributed by atoms with Gasteiger partial charge in [-0.3, -0.25) is 0 Å². The van der Waals surface area contributed by atoms with E-state index in [1.165, 1.54) is 18.2 Å². The van der Waals surface area contributed by atoms with Crippen molar-refractivity contribution in [2.24, 2.45) is 0 Å². The molecule has 156 valence electrons. The van der Waals surface area contributed by atoms with Crippen LogP contribution in [-0.2, 0) is 12.1 Å². The van der Waals surface area contributed by atoms with Gasteiger partial charge in [0.15, 0.2) is 0 Å². The minimum Gasteiger partial charge on any atom is -0.381 e. The van der Waals surface area contributed by atoms with E-state index in [-0.39, 0.29) is 18.2 Å². The molecule has 0 saturated heterocycles. The second-order valence-electron chi connectivity index (χ2n) is 7.59. The summed E-state index contributed by atoms with van der Waals surface area (Å²) in [4.78, 5) is 0. The van der Waals surface area contributed by atoms with Gasteiger partial charge in [-0.2, -0.15) is 5.10 Å². The molecule has 0 aliphatic carbocycles. The van der Waals surface area contributed by atoms with Gasteiger partial charge in [-0.1, -0.05) is 12.1 Å². The van der Waals surface area contributed by atoms with Crippen molar-refractivity contribution < 1.29 is 18.3 Å². The van der Waals surface area contributed by atoms with Gasteiger partial charge in [0.1, 0.15) is 23.9 Å². The summed E-state index contributed by atoms with van der Waals surface area (Å²) in [5, 5.41) is 16.6. The van der Waals surface area contributed by atoms with Crippen LogP contribution in [0.2, 0.25) is 0 Å². The molecule has 5 aromatic rings. The SMILES string of the molecule is OC(CF)(Cn1ccc2c(F)cccc21)c1ccc2c(cnn2-c2ccc(F)cc2)c1. The van der Waals surface area contributed by atoms with E-state index in [1.807, 2.05) is 0 Å². The highest BCUT2D eigenvalue weighted by molar-refractivity contribution is 5.82. The summed E-state index contributed by atoms with van der Waals surface area (Å²) in [5.41, 5.74) is 0.594. The lowest BCUT2D eigenvalue weighted by Gasteiger charge is -2.26. The molecular weight excluding hydrogens is 403 g/mol. The molecule has 4 nitrogen and oxygen atoms in total. The lowest BCUT2D eigenvalue weighted by molar-refractivity contribution is -0.00416. The van der Waals surface area contributed by atoms with Crippen LogP contribution in [0.25, 0.3) is 27.5 Å². The van der Waals surface area contributed by atoms with Crippen molar-refractivity contribution >= 4 is 21.8 Å². The van der Waals surface area contributed by atoms with Crippen LogP contribution in [0.5, 0.6) is 0 Å². The van der Waals surface area contributed by atoms with E-state index >= 15 is 0 Å². The molecule has 0 aliphatic heterocycles. The molecule has 2 aromatic heterocycles. The van der Waals surface area contributed by atoms with Crippen molar-refractivity contribution in [2.45, 2.75) is 12.1 Å². The van der Waals surface area contributed by atoms with Gasteiger partial charge in [0.2, 0.25) is 0 Å². The van der Waals surface area contributed by atoms with Crippen molar-refractivity contribution in [2.75, 3.05) is 6.67 Å². The van der Waals surface area contributed by atoms with Gasteiger partial charge in [-0.05, 0) is 60.2 Å². The number of aromatic nitrogens is 3. The molecule has 0 amide bonds. The highest BCUT2D eigenvalue weighted by atomic mass is 19.1. The van der Waals surface area contributed by atoms with Crippen LogP contribution in [0.4, 0.5) is 13.2 Å². The number of alkyl halides is 1. The highest BCUT2D eigenvalue weighted by Gasteiger charge is 2.31. The fourth-order valence-corrected chi connectivity index (χ4v) is 3.93. The molecule has 7 heteroatoms. The molecule has 1 unspecified atom stereocenters. The van der Waals surface area contributed by atoms with E-state index in [9.17, 15) is 18.3 Å². The number of benzene rings is 3. The Morgan fingerprint density at radius 2 is 1.74 bits per heavy atom. The second kappa shape index (κ2) is 7.28. The normalized spacial score (nSPS) is 13.7. The first-order valence-corrected chi connectivity index (χ1v) is 9.74. The quantitative estimate of drug-likeness (QED) is 0.428. The molecule has 0 spiro atoms. The zero-order valence-corrected chi connectivity index (χ0v) is 16.3. The molecule has 0 radical (unpaired) electrons. The van der Waals surface area contributed by atoms with Crippen LogP contribution < -0.4 is 0 Å². The lowest BCUT2D eigenvalue weighted by Crippen LogP contribution is -2.33. The Hall–Kier alpha value is -3.58. The smallest absolute Gasteiger partial charge is 0.136 e. The van der Waals surface area contributed by atoms with E-state index in [0.29, 0.717) is 27.5 Å². The Morgan fingerprint density at radius 3 is 2.52 bits per heavy atom. The Labute approximate surface area is 175 Å². The van der Waals surface area contributed by atoms with Gasteiger partial charge in [0, 0.05) is 17.0 Å². The van der Waals surface area contributed by atoms with E-state index < -0.39 is 12.3 Å². The van der Waals surface area contributed by atoms with Gasteiger partial charge in [-0.25, -0.2) is 17.9 Å². The number of fused-ring (bicyclic) bond motifs is 2. The van der Waals surface area contributed by atoms with Crippen molar-refractivity contribution in [1.82, 2.24) is 14.3 Å². The summed E-state index contributed by atoms with van der Waals surface area (Å²) in [7, 11) is 0. The topological polar surface area (TPSA) is 43.0 Å². The zero-order valence-electron chi connectivity index (χ0n) is 16.3. The average Bonchev–Trinajstić information content (AvgIpc) is 3.39. The van der Waals surface area contributed by atoms with E-state index in [0.717, 1.165) is 5.52 Å². The van der Waals surface area contributed by atoms with Gasteiger partial charge in [-0.15, -0.1) is 0 Å². The Kier molecular flexibility index (Phi) is 4.55. The van der Waals surface area contributed by atoms with Crippen molar-refractivity contribution in [3.05, 3.63) is 96.3 Å². The molecule has 0 aliphatic rings. The molecule has 5 rings (SSSR count). The zero-order chi connectivity index (χ0) is 21.6. The maximum absolute atomic E-state index is 14.1. The summed E-state index contributed by atoms with van der Waals surface area (Å²) < 4.78 is 44.6. The second-order valence-corrected chi connectivity index (χ2v) is 7.59. The van der Waals surface area contributed by atoms with Crippen molar-refractivity contribution in [3.63, 3.8) is 0 Å². The third-order valence-electron chi connectivity index (χ3n) is 5.59. The largest absolute Gasteiger partial charge is 0.381 e. The summed E-state index contributed by atoms with van der Waals surface area (Å²) in [6.45, 7) is -1.09. The van der Waals surface area contributed by atoms with E-state index in [2.05, 4.69) is 5.10 Å². The third-order valence-corrected chi connectivity index (χ3v) is 5.59. The van der Waals surface area contributed by atoms with Crippen LogP contribution in [0, 0.1) is 11.6 Å². The third kappa shape index (κ3) is 3.27. The fourth-order valence-electron chi connectivity index (χ4n) is 3.93. The standard InChI is InChI=1S/C24H18F3N3O/c25-14-24(31,15-29-11-10-20-21(27)2-1-3-23(20)29)17-4-9-22-16(12-17)13-28-30(22)19-7-5-18(26)6-8-19/h1-13,31H,14-15H2. The van der Waals surface area contributed by atoms with Crippen LogP contribution in [0.1, 0.15) is 5.56 Å². The van der Waals surface area contributed by atoms with Crippen LogP contribution >= 0.6 is 0 Å². The highest BCUT2D eigenvalue weighted by Crippen LogP contribution is 2.30. The minimum atomic E-state index is -1.80. The Balaban J connectivity index is 1.53. The van der Waals surface area contributed by atoms with Crippen LogP contribution in [-0.4, -0.2) is 26.1 Å². The van der Waals surface area contributed by atoms with Gasteiger partial charge in [0.05, 0.1) is 29.5 Å². The first kappa shape index (κ1) is 19.4. The first-order chi connectivity index (χ1) is 15.0. The number of rotatable bonds is 5. The molecule has 0 fully saturated rings. The summed E-state index contributed by atoms with van der Waals surface area (Å²) >= 11 is 0. The molecule has 1 atom stereocenters. The maximum atomic E-state index is 14.1. The number of nitrogens with zero attached hydrogens (tertiary/aromatic N) is 3. The molecule has 0 saturated carbocycles. The van der Waals surface area contributed by atoms with Crippen LogP contribution in [0.15, 0.2) is 79.1 Å². The minimum absolute atomic E-state index is 0.0753. The predicted molar refractivity (Wildman–Crippen MR) is 113 cm³/mol. The summed E-state index contributed by atoms with van der Waals surface area (Å²) in [5.74, 6) is -0.706. The summed E-state index contributed by atoms with van der Waals surface area (Å²) in [6, 6.07) is 17.3. The monoisotopic (exact) mass is 421 g/mol. The Bertz CT molecular complexity index is 1390. The molecule has 2 heterocycles. The molecule has 1 N–H and O–H groups in total. The van der Waals surface area contributed by atoms with Crippen molar-refractivity contribution in [3.8, 4) is 5.69 Å². The molecule has 3 aromatic carbocycles. The van der Waals surface area contributed by atoms with Crippen molar-refractivity contribution in [1.29, 1.82) is 0 Å². The Morgan fingerprint density at radius 1 is 0.935 bits per heavy atom. The number of aliphatic hydroxyl groups is 1. The lowest BCUT2D eigenvalue weighted by atomic mass is 9.94. The average molecular weight is 421 g/mol. The molecular formula is C24H18F3N3O. The molecule has 31 heavy (non-hydrogen) atoms. The number of hydrogen-bond donors (Lipinski definition) is 1. The van der Waals surface area contributed by atoms with Gasteiger partial charge >= 0.3 is 0 Å². The molecule has 0 bridgehead atoms. The van der Waals surface area contributed by atoms with Gasteiger partial charge < -0.3 is 9.67 Å². The predicted octanol–water partition coefficient (Wildman–Crippen LogP) is 5.12. The van der Waals surface area contributed by atoms with Gasteiger partial charge in [0.25, 0.3) is 0 Å². The van der Waals surface area contributed by atoms with E-state index in [4.69, 9.17) is 0 Å². The number of hydrogen-bond acceptors (Lipinski definition) is 2.